The lowest BCUT2D eigenvalue weighted by molar-refractivity contribution is -0.112. The van der Waals surface area contributed by atoms with E-state index < -0.39 is 0 Å². The molecule has 0 saturated carbocycles. The van der Waals surface area contributed by atoms with Crippen molar-refractivity contribution in [2.45, 2.75) is 65.8 Å². The molecule has 1 aliphatic heterocycles. The van der Waals surface area contributed by atoms with E-state index in [0.29, 0.717) is 11.3 Å². The highest BCUT2D eigenvalue weighted by Gasteiger charge is 2.37. The summed E-state index contributed by atoms with van der Waals surface area (Å²) in [6.07, 6.45) is 23.3. The van der Waals surface area contributed by atoms with Gasteiger partial charge in [0.05, 0.1) is 11.6 Å². The third-order valence-electron chi connectivity index (χ3n) is 7.22. The Bertz CT molecular complexity index is 1220. The first-order valence-corrected chi connectivity index (χ1v) is 13.1. The summed E-state index contributed by atoms with van der Waals surface area (Å²) in [6, 6.07) is 1.76. The van der Waals surface area contributed by atoms with Gasteiger partial charge in [0.2, 0.25) is 0 Å². The van der Waals surface area contributed by atoms with E-state index in [2.05, 4.69) is 43.7 Å². The summed E-state index contributed by atoms with van der Waals surface area (Å²) in [5.41, 5.74) is 6.18. The number of aryl methyl sites for hydroxylation is 1. The minimum atomic E-state index is -0.343. The smallest absolute Gasteiger partial charge is 0.255 e. The van der Waals surface area contributed by atoms with Gasteiger partial charge in [-0.1, -0.05) is 81.7 Å². The molecule has 2 N–H and O–H groups in total. The van der Waals surface area contributed by atoms with Crippen LogP contribution in [0, 0.1) is 5.41 Å². The zero-order valence-corrected chi connectivity index (χ0v) is 22.7. The van der Waals surface area contributed by atoms with Crippen LogP contribution in [0.5, 0.6) is 0 Å². The topological polar surface area (TPSA) is 58.2 Å². The average Bonchev–Trinajstić information content (AvgIpc) is 3.20. The number of amides is 2. The van der Waals surface area contributed by atoms with Crippen LogP contribution in [0.2, 0.25) is 0 Å². The molecule has 37 heavy (non-hydrogen) atoms. The van der Waals surface area contributed by atoms with Crippen LogP contribution in [-0.2, 0) is 17.6 Å². The Balaban J connectivity index is 2.17. The maximum atomic E-state index is 13.5. The predicted octanol–water partition coefficient (Wildman–Crippen LogP) is 7.64. The van der Waals surface area contributed by atoms with E-state index in [1.807, 2.05) is 44.2 Å². The third-order valence-corrected chi connectivity index (χ3v) is 7.22. The van der Waals surface area contributed by atoms with Crippen molar-refractivity contribution in [2.75, 3.05) is 5.32 Å². The Morgan fingerprint density at radius 3 is 2.57 bits per heavy atom. The third kappa shape index (κ3) is 6.56. The second kappa shape index (κ2) is 12.5. The largest absolute Gasteiger partial charge is 0.341 e. The van der Waals surface area contributed by atoms with Crippen LogP contribution in [-0.4, -0.2) is 11.8 Å². The Morgan fingerprint density at radius 1 is 1.11 bits per heavy atom. The Labute approximate surface area is 222 Å². The van der Waals surface area contributed by atoms with Crippen LogP contribution in [0.15, 0.2) is 91.1 Å². The lowest BCUT2D eigenvalue weighted by Crippen LogP contribution is -2.21. The van der Waals surface area contributed by atoms with Gasteiger partial charge in [-0.05, 0) is 80.2 Å². The number of carbonyl (C=O) groups is 2. The molecule has 4 nitrogen and oxygen atoms in total. The monoisotopic (exact) mass is 496 g/mol. The van der Waals surface area contributed by atoms with Gasteiger partial charge in [0.15, 0.2) is 0 Å². The molecule has 3 rings (SSSR count). The first-order chi connectivity index (χ1) is 17.8. The van der Waals surface area contributed by atoms with Crippen LogP contribution in [0.25, 0.3) is 0 Å². The van der Waals surface area contributed by atoms with Gasteiger partial charge in [0.25, 0.3) is 11.8 Å². The van der Waals surface area contributed by atoms with Crippen LogP contribution in [0.3, 0.4) is 0 Å². The van der Waals surface area contributed by atoms with Gasteiger partial charge in [-0.2, -0.15) is 0 Å². The standard InChI is InChI=1S/C33H40N2O2/c1-7-11-13-16-23(9-3)30-29-27(34-31(36)24(10-4)17-14-12-8-2)22-25-18-15-20-33(5,6)21-19-26(25)28(29)32(37)35-30/h7-14,16-17,22,30H,2,4,15,18-21H2,1,3,5-6H3,(H,34,36)(H,35,37)/b11-7-,14-12-,16-13-,23-9+,24-17+. The normalized spacial score (nSPS) is 19.9. The lowest BCUT2D eigenvalue weighted by atomic mass is 9.76. The highest BCUT2D eigenvalue weighted by molar-refractivity contribution is 6.09. The quantitative estimate of drug-likeness (QED) is 0.287. The maximum absolute atomic E-state index is 13.5. The van der Waals surface area contributed by atoms with Crippen molar-refractivity contribution in [1.82, 2.24) is 5.32 Å². The molecule has 1 aromatic rings. The minimum Gasteiger partial charge on any atom is -0.341 e. The molecule has 1 atom stereocenters. The highest BCUT2D eigenvalue weighted by atomic mass is 16.2. The van der Waals surface area contributed by atoms with E-state index in [1.165, 1.54) is 6.08 Å². The summed E-state index contributed by atoms with van der Waals surface area (Å²) in [5, 5.41) is 6.34. The number of nitrogens with one attached hydrogen (secondary N) is 2. The summed E-state index contributed by atoms with van der Waals surface area (Å²) in [6.45, 7) is 16.0. The van der Waals surface area contributed by atoms with Gasteiger partial charge in [-0.15, -0.1) is 0 Å². The Hall–Kier alpha value is -3.66. The minimum absolute atomic E-state index is 0.0714. The first-order valence-electron chi connectivity index (χ1n) is 13.1. The van der Waals surface area contributed by atoms with Gasteiger partial charge >= 0.3 is 0 Å². The van der Waals surface area contributed by atoms with Gasteiger partial charge in [0.1, 0.15) is 0 Å². The molecule has 0 bridgehead atoms. The lowest BCUT2D eigenvalue weighted by Gasteiger charge is -2.29. The predicted molar refractivity (Wildman–Crippen MR) is 156 cm³/mol. The summed E-state index contributed by atoms with van der Waals surface area (Å²) >= 11 is 0. The SMILES string of the molecule is C=C/C=C\C=C(/C=C)C(=O)Nc1cc2c(c3c1C(C(/C=C\C=C/C)=C/C)NC3=O)CCC(C)(C)CCC2. The molecule has 2 aliphatic rings. The van der Waals surface area contributed by atoms with Gasteiger partial charge < -0.3 is 10.6 Å². The number of carbonyl (C=O) groups excluding carboxylic acids is 2. The van der Waals surface area contributed by atoms with Gasteiger partial charge in [0, 0.05) is 16.8 Å². The average molecular weight is 497 g/mol. The van der Waals surface area contributed by atoms with Crippen LogP contribution >= 0.6 is 0 Å². The Kier molecular flexibility index (Phi) is 9.46. The van der Waals surface area contributed by atoms with Crippen molar-refractivity contribution in [3.63, 3.8) is 0 Å². The fraction of sp³-hybridized carbons (Fsp3) is 0.333. The number of fused-ring (bicyclic) bond motifs is 3. The molecular formula is C33H40N2O2. The number of rotatable bonds is 8. The van der Waals surface area contributed by atoms with Crippen molar-refractivity contribution >= 4 is 17.5 Å². The van der Waals surface area contributed by atoms with Crippen molar-refractivity contribution in [3.8, 4) is 0 Å². The molecule has 0 aromatic heterocycles. The molecule has 194 valence electrons. The molecule has 1 aliphatic carbocycles. The van der Waals surface area contributed by atoms with Crippen molar-refractivity contribution in [3.05, 3.63) is 113 Å². The van der Waals surface area contributed by atoms with E-state index in [1.54, 1.807) is 24.3 Å². The molecular weight excluding hydrogens is 456 g/mol. The zero-order chi connectivity index (χ0) is 27.0. The molecule has 0 radical (unpaired) electrons. The molecule has 0 spiro atoms. The summed E-state index contributed by atoms with van der Waals surface area (Å²) < 4.78 is 0. The second-order valence-electron chi connectivity index (χ2n) is 10.3. The van der Waals surface area contributed by atoms with Crippen LogP contribution in [0.4, 0.5) is 5.69 Å². The fourth-order valence-electron chi connectivity index (χ4n) is 5.14. The molecule has 1 heterocycles. The molecule has 4 heteroatoms. The van der Waals surface area contributed by atoms with E-state index in [9.17, 15) is 9.59 Å². The molecule has 1 aromatic carbocycles. The summed E-state index contributed by atoms with van der Waals surface area (Å²) in [5.74, 6) is -0.333. The Morgan fingerprint density at radius 2 is 1.89 bits per heavy atom. The molecule has 0 fully saturated rings. The van der Waals surface area contributed by atoms with Crippen molar-refractivity contribution in [1.29, 1.82) is 0 Å². The number of benzene rings is 1. The molecule has 1 unspecified atom stereocenters. The fourth-order valence-corrected chi connectivity index (χ4v) is 5.14. The van der Waals surface area contributed by atoms with Crippen molar-refractivity contribution in [2.24, 2.45) is 5.41 Å². The summed E-state index contributed by atoms with van der Waals surface area (Å²) in [7, 11) is 0. The number of hydrogen-bond donors (Lipinski definition) is 2. The first kappa shape index (κ1) is 27.9. The van der Waals surface area contributed by atoms with Crippen LogP contribution in [0.1, 0.15) is 80.0 Å². The number of hydrogen-bond acceptors (Lipinski definition) is 2. The van der Waals surface area contributed by atoms with Gasteiger partial charge in [-0.3, -0.25) is 9.59 Å². The molecule has 0 saturated heterocycles. The van der Waals surface area contributed by atoms with Gasteiger partial charge in [-0.25, -0.2) is 0 Å². The van der Waals surface area contributed by atoms with E-state index in [0.717, 1.165) is 59.9 Å². The number of anilines is 1. The number of allylic oxidation sites excluding steroid dienone is 8. The van der Waals surface area contributed by atoms with Crippen LogP contribution < -0.4 is 10.6 Å². The van der Waals surface area contributed by atoms with Crippen molar-refractivity contribution < 1.29 is 9.59 Å². The summed E-state index contributed by atoms with van der Waals surface area (Å²) in [4.78, 5) is 26.8. The molecule has 2 amide bonds. The maximum Gasteiger partial charge on any atom is 0.255 e. The van der Waals surface area contributed by atoms with E-state index >= 15 is 0 Å². The van der Waals surface area contributed by atoms with E-state index in [-0.39, 0.29) is 23.3 Å². The van der Waals surface area contributed by atoms with E-state index in [4.69, 9.17) is 0 Å². The second-order valence-corrected chi connectivity index (χ2v) is 10.3. The zero-order valence-electron chi connectivity index (χ0n) is 22.7. The highest BCUT2D eigenvalue weighted by Crippen LogP contribution is 2.43.